The van der Waals surface area contributed by atoms with Gasteiger partial charge in [0.25, 0.3) is 0 Å². The monoisotopic (exact) mass is 193 g/mol. The largest absolute Gasteiger partial charge is 0.353 e. The lowest BCUT2D eigenvalue weighted by Crippen LogP contribution is -2.54. The Bertz CT molecular complexity index is 261. The van der Waals surface area contributed by atoms with E-state index in [1.165, 1.54) is 38.5 Å². The normalized spacial score (nSPS) is 42.5. The number of nitrogens with one attached hydrogen (secondary N) is 1. The van der Waals surface area contributed by atoms with Crippen molar-refractivity contribution in [2.45, 2.75) is 51.5 Å². The van der Waals surface area contributed by atoms with E-state index in [9.17, 15) is 4.79 Å². The van der Waals surface area contributed by atoms with E-state index in [4.69, 9.17) is 0 Å². The van der Waals surface area contributed by atoms with Crippen molar-refractivity contribution < 1.29 is 4.79 Å². The predicted molar refractivity (Wildman–Crippen MR) is 54.7 cm³/mol. The summed E-state index contributed by atoms with van der Waals surface area (Å²) in [6.45, 7) is 1.67. The zero-order valence-electron chi connectivity index (χ0n) is 8.88. The lowest BCUT2D eigenvalue weighted by molar-refractivity contribution is -0.122. The van der Waals surface area contributed by atoms with E-state index < -0.39 is 0 Å². The van der Waals surface area contributed by atoms with Crippen LogP contribution in [0.2, 0.25) is 0 Å². The Morgan fingerprint density at radius 2 is 1.86 bits per heavy atom. The van der Waals surface area contributed by atoms with Gasteiger partial charge in [0.1, 0.15) is 0 Å². The quantitative estimate of drug-likeness (QED) is 0.679. The summed E-state index contributed by atoms with van der Waals surface area (Å²) in [7, 11) is 0. The zero-order valence-corrected chi connectivity index (χ0v) is 8.88. The molecule has 2 bridgehead atoms. The maximum atomic E-state index is 11.2. The molecule has 1 amide bonds. The third-order valence-corrected chi connectivity index (χ3v) is 4.86. The predicted octanol–water partition coefficient (Wildman–Crippen LogP) is 2.09. The topological polar surface area (TPSA) is 29.1 Å². The minimum absolute atomic E-state index is 0.175. The second-order valence-electron chi connectivity index (χ2n) is 5.52. The molecule has 2 nitrogen and oxygen atoms in total. The number of fused-ring (bicyclic) bond motifs is 2. The highest BCUT2D eigenvalue weighted by Crippen LogP contribution is 2.65. The van der Waals surface area contributed by atoms with Gasteiger partial charge in [-0.1, -0.05) is 0 Å². The van der Waals surface area contributed by atoms with Crippen LogP contribution in [0.4, 0.5) is 0 Å². The van der Waals surface area contributed by atoms with E-state index in [2.05, 4.69) is 5.32 Å². The first-order chi connectivity index (χ1) is 6.72. The number of hydrogen-bond donors (Lipinski definition) is 1. The standard InChI is InChI=1S/C12H19NO/c1-8(14)13-11-9-2-4-10(5-3-9)12(11)6-7-12/h9-11H,2-7H2,1H3,(H,13,14). The zero-order chi connectivity index (χ0) is 9.76. The van der Waals surface area contributed by atoms with Crippen molar-refractivity contribution in [1.29, 1.82) is 0 Å². The molecule has 4 fully saturated rings. The molecule has 4 saturated carbocycles. The second-order valence-corrected chi connectivity index (χ2v) is 5.52. The Balaban J connectivity index is 1.84. The average Bonchev–Trinajstić information content (AvgIpc) is 2.93. The van der Waals surface area contributed by atoms with Crippen molar-refractivity contribution in [1.82, 2.24) is 5.32 Å². The molecule has 2 heteroatoms. The van der Waals surface area contributed by atoms with E-state index >= 15 is 0 Å². The van der Waals surface area contributed by atoms with Crippen LogP contribution < -0.4 is 5.32 Å². The van der Waals surface area contributed by atoms with E-state index in [1.54, 1.807) is 6.92 Å². The number of rotatable bonds is 1. The van der Waals surface area contributed by atoms with Crippen LogP contribution in [0.1, 0.15) is 45.4 Å². The number of carbonyl (C=O) groups is 1. The molecule has 0 aromatic heterocycles. The number of hydrogen-bond acceptors (Lipinski definition) is 1. The summed E-state index contributed by atoms with van der Waals surface area (Å²) in [5.74, 6) is 1.91. The molecule has 1 unspecified atom stereocenters. The van der Waals surface area contributed by atoms with Gasteiger partial charge in [-0.2, -0.15) is 0 Å². The third kappa shape index (κ3) is 1.06. The summed E-state index contributed by atoms with van der Waals surface area (Å²) in [6.07, 6.45) is 8.33. The molecule has 0 radical (unpaired) electrons. The highest BCUT2D eigenvalue weighted by Gasteiger charge is 2.61. The average molecular weight is 193 g/mol. The van der Waals surface area contributed by atoms with Crippen LogP contribution in [0, 0.1) is 17.3 Å². The lowest BCUT2D eigenvalue weighted by Gasteiger charge is -2.49. The molecule has 0 heterocycles. The number of carbonyl (C=O) groups excluding carboxylic acids is 1. The van der Waals surface area contributed by atoms with E-state index in [0.29, 0.717) is 11.5 Å². The summed E-state index contributed by atoms with van der Waals surface area (Å²) in [6, 6.07) is 0.535. The van der Waals surface area contributed by atoms with Crippen LogP contribution in [0.5, 0.6) is 0 Å². The van der Waals surface area contributed by atoms with Crippen LogP contribution >= 0.6 is 0 Å². The highest BCUT2D eigenvalue weighted by molar-refractivity contribution is 5.73. The molecule has 1 atom stereocenters. The lowest BCUT2D eigenvalue weighted by atomic mass is 9.59. The Hall–Kier alpha value is -0.530. The van der Waals surface area contributed by atoms with Gasteiger partial charge in [-0.25, -0.2) is 0 Å². The van der Waals surface area contributed by atoms with Crippen molar-refractivity contribution in [3.8, 4) is 0 Å². The molecule has 1 N–H and O–H groups in total. The molecule has 0 aromatic carbocycles. The number of amides is 1. The summed E-state index contributed by atoms with van der Waals surface area (Å²) in [4.78, 5) is 11.2. The summed E-state index contributed by atoms with van der Waals surface area (Å²) < 4.78 is 0. The summed E-state index contributed by atoms with van der Waals surface area (Å²) in [5, 5.41) is 3.23. The van der Waals surface area contributed by atoms with E-state index in [1.807, 2.05) is 0 Å². The molecular formula is C12H19NO. The third-order valence-electron chi connectivity index (χ3n) is 4.86. The van der Waals surface area contributed by atoms with Gasteiger partial charge in [-0.05, 0) is 55.8 Å². The van der Waals surface area contributed by atoms with Crippen LogP contribution in [0.15, 0.2) is 0 Å². The van der Waals surface area contributed by atoms with Gasteiger partial charge in [0, 0.05) is 13.0 Å². The Morgan fingerprint density at radius 3 is 2.36 bits per heavy atom. The molecule has 4 rings (SSSR count). The first-order valence-corrected chi connectivity index (χ1v) is 5.99. The fraction of sp³-hybridized carbons (Fsp3) is 0.917. The smallest absolute Gasteiger partial charge is 0.217 e. The second kappa shape index (κ2) is 2.74. The Labute approximate surface area is 85.4 Å². The van der Waals surface area contributed by atoms with Crippen LogP contribution in [0.3, 0.4) is 0 Å². The van der Waals surface area contributed by atoms with Gasteiger partial charge in [0.2, 0.25) is 5.91 Å². The first kappa shape index (κ1) is 8.75. The molecule has 1 spiro atoms. The maximum absolute atomic E-state index is 11.2. The Morgan fingerprint density at radius 1 is 1.21 bits per heavy atom. The summed E-state index contributed by atoms with van der Waals surface area (Å²) >= 11 is 0. The SMILES string of the molecule is CC(=O)NC1C2CCC(CC2)C12CC2. The van der Waals surface area contributed by atoms with Crippen molar-refractivity contribution in [2.75, 3.05) is 0 Å². The van der Waals surface area contributed by atoms with Crippen LogP contribution in [0.25, 0.3) is 0 Å². The molecule has 4 aliphatic rings. The molecular weight excluding hydrogens is 174 g/mol. The maximum Gasteiger partial charge on any atom is 0.217 e. The molecule has 0 aliphatic heterocycles. The van der Waals surface area contributed by atoms with E-state index in [0.717, 1.165) is 11.8 Å². The molecule has 14 heavy (non-hydrogen) atoms. The van der Waals surface area contributed by atoms with Gasteiger partial charge in [-0.3, -0.25) is 4.79 Å². The first-order valence-electron chi connectivity index (χ1n) is 5.99. The van der Waals surface area contributed by atoms with Gasteiger partial charge in [0.05, 0.1) is 0 Å². The van der Waals surface area contributed by atoms with Gasteiger partial charge >= 0.3 is 0 Å². The minimum Gasteiger partial charge on any atom is -0.353 e. The summed E-state index contributed by atoms with van der Waals surface area (Å²) in [5.41, 5.74) is 0.562. The molecule has 4 aliphatic carbocycles. The fourth-order valence-corrected chi connectivity index (χ4v) is 4.09. The van der Waals surface area contributed by atoms with Crippen molar-refractivity contribution in [3.63, 3.8) is 0 Å². The molecule has 78 valence electrons. The minimum atomic E-state index is 0.175. The fourth-order valence-electron chi connectivity index (χ4n) is 4.09. The molecule has 0 aromatic rings. The van der Waals surface area contributed by atoms with Crippen LogP contribution in [-0.4, -0.2) is 11.9 Å². The van der Waals surface area contributed by atoms with Crippen molar-refractivity contribution in [3.05, 3.63) is 0 Å². The van der Waals surface area contributed by atoms with Gasteiger partial charge in [-0.15, -0.1) is 0 Å². The van der Waals surface area contributed by atoms with Gasteiger partial charge < -0.3 is 5.32 Å². The molecule has 0 saturated heterocycles. The van der Waals surface area contributed by atoms with Crippen LogP contribution in [-0.2, 0) is 4.79 Å². The Kier molecular flexibility index (Phi) is 1.71. The van der Waals surface area contributed by atoms with Crippen molar-refractivity contribution >= 4 is 5.91 Å². The highest BCUT2D eigenvalue weighted by atomic mass is 16.1. The van der Waals surface area contributed by atoms with E-state index in [-0.39, 0.29) is 5.91 Å². The van der Waals surface area contributed by atoms with Gasteiger partial charge in [0.15, 0.2) is 0 Å². The van der Waals surface area contributed by atoms with Crippen molar-refractivity contribution in [2.24, 2.45) is 17.3 Å².